The molecule has 1 N–H and O–H groups in total. The SMILES string of the molecule is O=C([O-])c1cc(=O)cc(C(=O)[O-])[nH]1.[C-]#[O+].[Ru+2].c1ccc(P(c2ccccc2)c2ccccc2)cc1. The maximum absolute atomic E-state index is 10.7. The molecule has 35 heavy (non-hydrogen) atoms. The molecule has 0 saturated heterocycles. The van der Waals surface area contributed by atoms with E-state index in [1.165, 1.54) is 15.9 Å². The minimum absolute atomic E-state index is 0. The number of aromatic amines is 1. The Morgan fingerprint density at radius 2 is 0.943 bits per heavy atom. The van der Waals surface area contributed by atoms with Crippen LogP contribution in [0.25, 0.3) is 0 Å². The molecule has 1 aromatic heterocycles. The maximum atomic E-state index is 10.7. The predicted molar refractivity (Wildman–Crippen MR) is 125 cm³/mol. The largest absolute Gasteiger partial charge is 2.00 e. The van der Waals surface area contributed by atoms with Gasteiger partial charge in [-0.25, -0.2) is 0 Å². The van der Waals surface area contributed by atoms with E-state index in [9.17, 15) is 24.6 Å². The minimum atomic E-state index is -1.65. The van der Waals surface area contributed by atoms with Crippen LogP contribution in [0.15, 0.2) is 108 Å². The Morgan fingerprint density at radius 1 is 0.657 bits per heavy atom. The van der Waals surface area contributed by atoms with Gasteiger partial charge in [-0.05, 0) is 23.8 Å². The molecule has 3 aromatic carbocycles. The number of carbonyl (C=O) groups is 2. The van der Waals surface area contributed by atoms with Crippen molar-refractivity contribution in [1.29, 1.82) is 0 Å². The molecule has 0 amide bonds. The van der Waals surface area contributed by atoms with Gasteiger partial charge in [-0.1, -0.05) is 91.0 Å². The molecule has 7 nitrogen and oxygen atoms in total. The molecule has 0 aliphatic heterocycles. The van der Waals surface area contributed by atoms with Crippen LogP contribution in [0.5, 0.6) is 0 Å². The smallest absolute Gasteiger partial charge is 0.0622 e. The van der Waals surface area contributed by atoms with Crippen LogP contribution in [0.1, 0.15) is 21.0 Å². The molecule has 0 bridgehead atoms. The van der Waals surface area contributed by atoms with Gasteiger partial charge in [0.2, 0.25) is 0 Å². The van der Waals surface area contributed by atoms with Crippen molar-refractivity contribution >= 4 is 35.8 Å². The van der Waals surface area contributed by atoms with Gasteiger partial charge >= 0.3 is 30.8 Å². The summed E-state index contributed by atoms with van der Waals surface area (Å²) in [5, 5.41) is 24.7. The Balaban J connectivity index is 0.000000338. The van der Waals surface area contributed by atoms with Crippen LogP contribution in [0.4, 0.5) is 0 Å². The van der Waals surface area contributed by atoms with Crippen LogP contribution in [-0.2, 0) is 24.1 Å². The van der Waals surface area contributed by atoms with E-state index < -0.39 is 36.7 Å². The van der Waals surface area contributed by atoms with E-state index >= 15 is 0 Å². The Kier molecular flexibility index (Phi) is 12.8. The third kappa shape index (κ3) is 8.90. The van der Waals surface area contributed by atoms with E-state index in [4.69, 9.17) is 4.65 Å². The quantitative estimate of drug-likeness (QED) is 0.161. The van der Waals surface area contributed by atoms with Crippen LogP contribution < -0.4 is 31.6 Å². The van der Waals surface area contributed by atoms with Crippen molar-refractivity contribution in [2.75, 3.05) is 0 Å². The summed E-state index contributed by atoms with van der Waals surface area (Å²) in [5.41, 5.74) is -1.92. The van der Waals surface area contributed by atoms with E-state index in [0.717, 1.165) is 12.1 Å². The van der Waals surface area contributed by atoms with Crippen LogP contribution in [0.2, 0.25) is 0 Å². The molecule has 0 aliphatic carbocycles. The van der Waals surface area contributed by atoms with Crippen molar-refractivity contribution in [2.24, 2.45) is 0 Å². The van der Waals surface area contributed by atoms with E-state index in [0.29, 0.717) is 0 Å². The average Bonchev–Trinajstić information content (AvgIpc) is 2.87. The minimum Gasteiger partial charge on any atom is -0.0622 e. The average molecular weight is 572 g/mol. The summed E-state index contributed by atoms with van der Waals surface area (Å²) < 4.78 is 7.50. The number of hydrogen-bond acceptors (Lipinski definition) is 5. The number of nitrogens with one attached hydrogen (secondary N) is 1. The van der Waals surface area contributed by atoms with E-state index in [1.54, 1.807) is 0 Å². The van der Waals surface area contributed by atoms with E-state index in [1.807, 2.05) is 4.98 Å². The molecule has 0 spiro atoms. The number of rotatable bonds is 5. The molecule has 1 heterocycles. The summed E-state index contributed by atoms with van der Waals surface area (Å²) in [5.74, 6) is -3.31. The Morgan fingerprint density at radius 3 is 1.20 bits per heavy atom. The van der Waals surface area contributed by atoms with Crippen molar-refractivity contribution in [1.82, 2.24) is 4.98 Å². The fourth-order valence-corrected chi connectivity index (χ4v) is 5.25. The summed E-state index contributed by atoms with van der Waals surface area (Å²) in [6, 6.07) is 33.8. The number of benzene rings is 3. The monoisotopic (exact) mass is 573 g/mol. The van der Waals surface area contributed by atoms with Crippen molar-refractivity contribution < 1.29 is 43.9 Å². The van der Waals surface area contributed by atoms with Gasteiger partial charge < -0.3 is 24.8 Å². The topological polar surface area (TPSA) is 133 Å². The van der Waals surface area contributed by atoms with E-state index in [2.05, 4.69) is 97.6 Å². The van der Waals surface area contributed by atoms with Gasteiger partial charge in [-0.3, -0.25) is 4.79 Å². The second-order valence-electron chi connectivity index (χ2n) is 6.56. The van der Waals surface area contributed by atoms with Gasteiger partial charge in [-0.2, -0.15) is 0 Å². The van der Waals surface area contributed by atoms with E-state index in [-0.39, 0.29) is 19.5 Å². The van der Waals surface area contributed by atoms with Gasteiger partial charge in [0.05, 0.1) is 23.3 Å². The third-order valence-electron chi connectivity index (χ3n) is 4.33. The molecule has 0 aliphatic rings. The third-order valence-corrected chi connectivity index (χ3v) is 6.77. The summed E-state index contributed by atoms with van der Waals surface area (Å²) in [6.45, 7) is 4.50. The number of carboxylic acid groups (broad SMARTS) is 2. The molecule has 176 valence electrons. The van der Waals surface area contributed by atoms with Gasteiger partial charge in [0.25, 0.3) is 0 Å². The van der Waals surface area contributed by atoms with Gasteiger partial charge in [0.15, 0.2) is 5.43 Å². The fourth-order valence-electron chi connectivity index (χ4n) is 2.94. The molecule has 4 rings (SSSR count). The van der Waals surface area contributed by atoms with Crippen LogP contribution in [-0.4, -0.2) is 16.9 Å². The molecular weight excluding hydrogens is 554 g/mol. The van der Waals surface area contributed by atoms with Crippen molar-refractivity contribution in [3.05, 3.63) is 131 Å². The number of carbonyl (C=O) groups excluding carboxylic acids is 2. The zero-order chi connectivity index (χ0) is 24.9. The zero-order valence-corrected chi connectivity index (χ0v) is 20.7. The molecular formula is C26H18NO6PRu. The molecule has 0 unspecified atom stereocenters. The van der Waals surface area contributed by atoms with Gasteiger partial charge in [0.1, 0.15) is 0 Å². The first-order chi connectivity index (χ1) is 16.5. The van der Waals surface area contributed by atoms with Crippen molar-refractivity contribution in [2.45, 2.75) is 0 Å². The number of aromatic nitrogens is 1. The number of carboxylic acids is 2. The molecule has 0 radical (unpaired) electrons. The first-order valence-electron chi connectivity index (χ1n) is 9.78. The first-order valence-corrected chi connectivity index (χ1v) is 11.1. The maximum Gasteiger partial charge on any atom is 2.00 e. The predicted octanol–water partition coefficient (Wildman–Crippen LogP) is 0.507. The Hall–Kier alpha value is -3.66. The fraction of sp³-hybridized carbons (Fsp3) is 0. The number of aromatic carboxylic acids is 2. The molecule has 0 fully saturated rings. The van der Waals surface area contributed by atoms with Crippen LogP contribution >= 0.6 is 7.92 Å². The second-order valence-corrected chi connectivity index (χ2v) is 8.78. The summed E-state index contributed by atoms with van der Waals surface area (Å²) >= 11 is 0. The molecule has 9 heteroatoms. The Bertz CT molecular complexity index is 1170. The van der Waals surface area contributed by atoms with Crippen molar-refractivity contribution in [3.8, 4) is 0 Å². The number of pyridine rings is 1. The number of H-pyrrole nitrogens is 1. The normalized spacial score (nSPS) is 9.34. The number of hydrogen-bond donors (Lipinski definition) is 1. The standard InChI is InChI=1S/C18H15P.C7H5NO5.CO.Ru/c1-4-10-16(11-5-1)19(17-12-6-2-7-13-17)18-14-8-3-9-15-18;9-3-1-4(6(10)11)8-5(2-3)7(12)13;1-2;/h1-15H;1-2H,(H,8,9)(H,10,11)(H,12,13);;/q;;;+2/p-2. The van der Waals surface area contributed by atoms with Crippen molar-refractivity contribution in [3.63, 3.8) is 0 Å². The molecule has 4 aromatic rings. The second kappa shape index (κ2) is 15.3. The summed E-state index contributed by atoms with van der Waals surface area (Å²) in [4.78, 5) is 33.1. The van der Waals surface area contributed by atoms with Gasteiger partial charge in [-0.15, -0.1) is 0 Å². The Labute approximate surface area is 215 Å². The zero-order valence-electron chi connectivity index (χ0n) is 18.1. The van der Waals surface area contributed by atoms with Crippen LogP contribution in [0.3, 0.4) is 0 Å². The van der Waals surface area contributed by atoms with Gasteiger partial charge in [0, 0.05) is 12.1 Å². The molecule has 0 atom stereocenters. The summed E-state index contributed by atoms with van der Waals surface area (Å²) in [6.07, 6.45) is 0. The first kappa shape index (κ1) is 29.4. The summed E-state index contributed by atoms with van der Waals surface area (Å²) in [7, 11) is -0.446. The molecule has 0 saturated carbocycles. The van der Waals surface area contributed by atoms with Crippen LogP contribution in [0, 0.1) is 6.65 Å².